The number of hydrogen-bond donors (Lipinski definition) is 1. The maximum Gasteiger partial charge on any atom is 0.159 e. The lowest BCUT2D eigenvalue weighted by Gasteiger charge is -2.27. The highest BCUT2D eigenvalue weighted by Gasteiger charge is 2.21. The minimum Gasteiger partial charge on any atom is -0.381 e. The molecule has 0 radical (unpaired) electrons. The summed E-state index contributed by atoms with van der Waals surface area (Å²) >= 11 is 0. The quantitative estimate of drug-likeness (QED) is 0.922. The van der Waals surface area contributed by atoms with Crippen LogP contribution in [0.15, 0.2) is 18.2 Å². The molecule has 1 saturated heterocycles. The Hall–Kier alpha value is -0.710. The second-order valence-electron chi connectivity index (χ2n) is 4.57. The smallest absolute Gasteiger partial charge is 0.159 e. The van der Waals surface area contributed by atoms with Crippen molar-refractivity contribution >= 4 is 12.4 Å². The SMILES string of the molecule is Cl.N[C@H](Cc1ccc(F)c(F)c1)C1CCOCC1. The molecule has 2 N–H and O–H groups in total. The molecule has 0 bridgehead atoms. The first-order valence-electron chi connectivity index (χ1n) is 5.94. The number of ether oxygens (including phenoxy) is 1. The van der Waals surface area contributed by atoms with Gasteiger partial charge in [-0.05, 0) is 42.9 Å². The van der Waals surface area contributed by atoms with Gasteiger partial charge in [-0.15, -0.1) is 12.4 Å². The van der Waals surface area contributed by atoms with Gasteiger partial charge in [-0.1, -0.05) is 6.07 Å². The second kappa shape index (κ2) is 7.02. The molecule has 1 aromatic carbocycles. The minimum absolute atomic E-state index is 0. The van der Waals surface area contributed by atoms with E-state index in [1.165, 1.54) is 6.07 Å². The molecule has 0 spiro atoms. The summed E-state index contributed by atoms with van der Waals surface area (Å²) in [4.78, 5) is 0. The molecule has 0 amide bonds. The van der Waals surface area contributed by atoms with Gasteiger partial charge in [-0.25, -0.2) is 8.78 Å². The van der Waals surface area contributed by atoms with Gasteiger partial charge >= 0.3 is 0 Å². The largest absolute Gasteiger partial charge is 0.381 e. The first-order valence-corrected chi connectivity index (χ1v) is 5.94. The van der Waals surface area contributed by atoms with E-state index in [1.807, 2.05) is 0 Å². The Balaban J connectivity index is 0.00000162. The van der Waals surface area contributed by atoms with E-state index in [2.05, 4.69) is 0 Å². The molecule has 1 aliphatic rings. The van der Waals surface area contributed by atoms with Crippen molar-refractivity contribution in [3.05, 3.63) is 35.4 Å². The molecule has 18 heavy (non-hydrogen) atoms. The maximum absolute atomic E-state index is 13.0. The lowest BCUT2D eigenvalue weighted by molar-refractivity contribution is 0.0585. The predicted molar refractivity (Wildman–Crippen MR) is 68.8 cm³/mol. The van der Waals surface area contributed by atoms with E-state index in [0.717, 1.165) is 37.7 Å². The van der Waals surface area contributed by atoms with Crippen LogP contribution >= 0.6 is 12.4 Å². The Morgan fingerprint density at radius 2 is 1.89 bits per heavy atom. The van der Waals surface area contributed by atoms with Gasteiger partial charge in [0.05, 0.1) is 0 Å². The van der Waals surface area contributed by atoms with Crippen molar-refractivity contribution in [1.82, 2.24) is 0 Å². The fraction of sp³-hybridized carbons (Fsp3) is 0.538. The lowest BCUT2D eigenvalue weighted by atomic mass is 9.88. The Bertz CT molecular complexity index is 383. The standard InChI is InChI=1S/C13H17F2NO.ClH/c14-11-2-1-9(7-12(11)15)8-13(16)10-3-5-17-6-4-10;/h1-2,7,10,13H,3-6,8,16H2;1H/t13-;/m1./s1. The monoisotopic (exact) mass is 277 g/mol. The van der Waals surface area contributed by atoms with Crippen LogP contribution in [0.3, 0.4) is 0 Å². The molecule has 1 heterocycles. The summed E-state index contributed by atoms with van der Waals surface area (Å²) in [5.41, 5.74) is 6.85. The van der Waals surface area contributed by atoms with Crippen LogP contribution in [0, 0.1) is 17.6 Å². The molecule has 1 atom stereocenters. The second-order valence-corrected chi connectivity index (χ2v) is 4.57. The summed E-state index contributed by atoms with van der Waals surface area (Å²) in [5, 5.41) is 0. The number of nitrogens with two attached hydrogens (primary N) is 1. The van der Waals surface area contributed by atoms with Gasteiger partial charge < -0.3 is 10.5 Å². The fourth-order valence-electron chi connectivity index (χ4n) is 2.25. The number of benzene rings is 1. The molecule has 102 valence electrons. The van der Waals surface area contributed by atoms with Crippen molar-refractivity contribution in [3.63, 3.8) is 0 Å². The molecule has 0 saturated carbocycles. The normalized spacial score (nSPS) is 18.2. The third kappa shape index (κ3) is 3.90. The number of rotatable bonds is 3. The highest BCUT2D eigenvalue weighted by molar-refractivity contribution is 5.85. The molecule has 0 aliphatic carbocycles. The molecular formula is C13H18ClF2NO. The van der Waals surface area contributed by atoms with Gasteiger partial charge in [-0.3, -0.25) is 0 Å². The summed E-state index contributed by atoms with van der Waals surface area (Å²) in [5.74, 6) is -1.20. The predicted octanol–water partition coefficient (Wildman–Crippen LogP) is 2.68. The van der Waals surface area contributed by atoms with E-state index in [0.29, 0.717) is 12.3 Å². The third-order valence-corrected chi connectivity index (χ3v) is 3.33. The van der Waals surface area contributed by atoms with Crippen LogP contribution in [0.5, 0.6) is 0 Å². The molecule has 1 fully saturated rings. The van der Waals surface area contributed by atoms with Crippen LogP contribution in [-0.2, 0) is 11.2 Å². The van der Waals surface area contributed by atoms with Crippen LogP contribution < -0.4 is 5.73 Å². The highest BCUT2D eigenvalue weighted by atomic mass is 35.5. The van der Waals surface area contributed by atoms with Crippen molar-refractivity contribution in [2.24, 2.45) is 11.7 Å². The first kappa shape index (κ1) is 15.3. The Morgan fingerprint density at radius 1 is 1.22 bits per heavy atom. The van der Waals surface area contributed by atoms with E-state index in [-0.39, 0.29) is 18.4 Å². The maximum atomic E-state index is 13.0. The summed E-state index contributed by atoms with van der Waals surface area (Å²) < 4.78 is 31.1. The topological polar surface area (TPSA) is 35.2 Å². The Labute approximate surface area is 112 Å². The fourth-order valence-corrected chi connectivity index (χ4v) is 2.25. The zero-order valence-electron chi connectivity index (χ0n) is 10.1. The summed E-state index contributed by atoms with van der Waals surface area (Å²) in [6, 6.07) is 3.97. The summed E-state index contributed by atoms with van der Waals surface area (Å²) in [7, 11) is 0. The van der Waals surface area contributed by atoms with Crippen molar-refractivity contribution < 1.29 is 13.5 Å². The van der Waals surface area contributed by atoms with Crippen molar-refractivity contribution in [3.8, 4) is 0 Å². The van der Waals surface area contributed by atoms with Crippen molar-refractivity contribution in [2.45, 2.75) is 25.3 Å². The van der Waals surface area contributed by atoms with Gasteiger partial charge in [0, 0.05) is 19.3 Å². The van der Waals surface area contributed by atoms with E-state index in [9.17, 15) is 8.78 Å². The summed E-state index contributed by atoms with van der Waals surface area (Å²) in [6.45, 7) is 1.49. The average molecular weight is 278 g/mol. The molecule has 0 unspecified atom stereocenters. The zero-order chi connectivity index (χ0) is 12.3. The number of halogens is 3. The van der Waals surface area contributed by atoms with Gasteiger partial charge in [0.2, 0.25) is 0 Å². The lowest BCUT2D eigenvalue weighted by Crippen LogP contribution is -2.36. The molecule has 1 aliphatic heterocycles. The molecular weight excluding hydrogens is 260 g/mol. The molecule has 2 rings (SSSR count). The highest BCUT2D eigenvalue weighted by Crippen LogP contribution is 2.20. The molecule has 5 heteroatoms. The van der Waals surface area contributed by atoms with Gasteiger partial charge in [0.1, 0.15) is 0 Å². The average Bonchev–Trinajstić information content (AvgIpc) is 2.35. The van der Waals surface area contributed by atoms with E-state index >= 15 is 0 Å². The van der Waals surface area contributed by atoms with E-state index in [4.69, 9.17) is 10.5 Å². The van der Waals surface area contributed by atoms with Gasteiger partial charge in [-0.2, -0.15) is 0 Å². The molecule has 0 aromatic heterocycles. The van der Waals surface area contributed by atoms with E-state index < -0.39 is 11.6 Å². The molecule has 2 nitrogen and oxygen atoms in total. The minimum atomic E-state index is -0.812. The van der Waals surface area contributed by atoms with Crippen LogP contribution in [0.25, 0.3) is 0 Å². The van der Waals surface area contributed by atoms with Crippen molar-refractivity contribution in [2.75, 3.05) is 13.2 Å². The van der Waals surface area contributed by atoms with Crippen LogP contribution in [0.1, 0.15) is 18.4 Å². The van der Waals surface area contributed by atoms with Crippen molar-refractivity contribution in [1.29, 1.82) is 0 Å². The van der Waals surface area contributed by atoms with Crippen LogP contribution in [0.4, 0.5) is 8.78 Å². The van der Waals surface area contributed by atoms with Gasteiger partial charge in [0.15, 0.2) is 11.6 Å². The van der Waals surface area contributed by atoms with Gasteiger partial charge in [0.25, 0.3) is 0 Å². The van der Waals surface area contributed by atoms with E-state index in [1.54, 1.807) is 6.07 Å². The number of hydrogen-bond acceptors (Lipinski definition) is 2. The zero-order valence-corrected chi connectivity index (χ0v) is 10.9. The van der Waals surface area contributed by atoms with Crippen LogP contribution in [0.2, 0.25) is 0 Å². The first-order chi connectivity index (χ1) is 8.16. The summed E-state index contributed by atoms with van der Waals surface area (Å²) in [6.07, 6.45) is 2.48. The van der Waals surface area contributed by atoms with Crippen LogP contribution in [-0.4, -0.2) is 19.3 Å². The Morgan fingerprint density at radius 3 is 2.50 bits per heavy atom. The molecule has 1 aromatic rings. The Kier molecular flexibility index (Phi) is 5.99. The third-order valence-electron chi connectivity index (χ3n) is 3.33.